The first kappa shape index (κ1) is 99.3. The number of carbonyl (C=O) groups is 18. The van der Waals surface area contributed by atoms with Gasteiger partial charge in [-0.3, -0.25) is 86.3 Å². The number of primary amides is 2. The van der Waals surface area contributed by atoms with Crippen LogP contribution in [0.25, 0.3) is 21.8 Å². The van der Waals surface area contributed by atoms with Gasteiger partial charge in [0.2, 0.25) is 100 Å². The maximum atomic E-state index is 15.3. The Bertz CT molecular complexity index is 5110. The van der Waals surface area contributed by atoms with Crippen LogP contribution in [-0.4, -0.2) is 321 Å². The summed E-state index contributed by atoms with van der Waals surface area (Å²) in [4.78, 5) is 277. The zero-order chi connectivity index (χ0) is 94.4. The number of thioether (sulfide) groups is 1. The number of rotatable bonds is 20. The third kappa shape index (κ3) is 26.1. The number of fused-ring (bicyclic) bond motifs is 4. The Labute approximate surface area is 745 Å². The number of H-pyrrole nitrogens is 3. The first-order chi connectivity index (χ1) is 61.3. The normalized spacial score (nSPS) is 25.6. The minimum atomic E-state index is -1.93. The van der Waals surface area contributed by atoms with E-state index in [0.717, 1.165) is 36.3 Å². The number of amides is 17. The molecule has 3 aromatic heterocycles. The average molecular weight is 1810 g/mol. The molecule has 43 nitrogen and oxygen atoms in total. The van der Waals surface area contributed by atoms with Gasteiger partial charge in [-0.2, -0.15) is 0 Å². The Hall–Kier alpha value is -13.5. The van der Waals surface area contributed by atoms with E-state index in [4.69, 9.17) is 11.5 Å². The van der Waals surface area contributed by atoms with Crippen LogP contribution in [0, 0.1) is 0 Å². The Balaban J connectivity index is 1.07. The molecule has 6 aromatic rings. The summed E-state index contributed by atoms with van der Waals surface area (Å²) < 4.78 is 0. The molecule has 0 unspecified atom stereocenters. The largest absolute Gasteiger partial charge is 0.508 e. The van der Waals surface area contributed by atoms with Gasteiger partial charge in [-0.25, -0.2) is 4.98 Å². The van der Waals surface area contributed by atoms with Gasteiger partial charge in [0, 0.05) is 118 Å². The van der Waals surface area contributed by atoms with Crippen LogP contribution in [-0.2, 0) is 106 Å². The molecule has 0 saturated carbocycles. The number of para-hydroxylation sites is 2. The molecule has 3 aliphatic rings. The second-order valence-electron chi connectivity index (χ2n) is 32.4. The van der Waals surface area contributed by atoms with Crippen molar-refractivity contribution < 1.29 is 107 Å². The van der Waals surface area contributed by atoms with E-state index in [-0.39, 0.29) is 56.5 Å². The van der Waals surface area contributed by atoms with E-state index in [9.17, 15) is 78.0 Å². The van der Waals surface area contributed by atoms with Crippen molar-refractivity contribution in [1.82, 2.24) is 97.6 Å². The van der Waals surface area contributed by atoms with Gasteiger partial charge in [0.1, 0.15) is 90.3 Å². The van der Waals surface area contributed by atoms with Crippen molar-refractivity contribution in [3.63, 3.8) is 0 Å². The van der Waals surface area contributed by atoms with Crippen LogP contribution in [0.2, 0.25) is 0 Å². The van der Waals surface area contributed by atoms with Crippen LogP contribution >= 0.6 is 11.8 Å². The fourth-order valence-electron chi connectivity index (χ4n) is 15.6. The van der Waals surface area contributed by atoms with E-state index in [2.05, 4.69) is 73.1 Å². The van der Waals surface area contributed by atoms with Gasteiger partial charge >= 0.3 is 5.97 Å². The summed E-state index contributed by atoms with van der Waals surface area (Å²) in [5.41, 5.74) is 13.7. The summed E-state index contributed by atoms with van der Waals surface area (Å²) in [5, 5.41) is 69.8. The third-order valence-electron chi connectivity index (χ3n) is 23.2. The van der Waals surface area contributed by atoms with Crippen LogP contribution < -0.4 is 64.6 Å². The number of aliphatic hydroxyl groups is 2. The maximum absolute atomic E-state index is 15.3. The number of nitrogens with zero attached hydrogens (tertiary/aromatic N) is 6. The molecule has 9 rings (SSSR count). The number of phenols is 1. The van der Waals surface area contributed by atoms with E-state index in [0.29, 0.717) is 44.9 Å². The Kier molecular flexibility index (Phi) is 35.2. The number of unbranched alkanes of at least 4 members (excludes halogenated alkanes) is 1. The highest BCUT2D eigenvalue weighted by Crippen LogP contribution is 2.31. The number of imidazole rings is 1. The molecular weight excluding hydrogens is 1700 g/mol. The second kappa shape index (κ2) is 45.8. The van der Waals surface area contributed by atoms with Crippen LogP contribution in [0.4, 0.5) is 0 Å². The maximum Gasteiger partial charge on any atom is 0.305 e. The number of carbonyl (C=O) groups excluding carboxylic acids is 17. The van der Waals surface area contributed by atoms with Crippen molar-refractivity contribution >= 4 is 140 Å². The zero-order valence-electron chi connectivity index (χ0n) is 72.6. The van der Waals surface area contributed by atoms with Crippen LogP contribution in [0.15, 0.2) is 97.7 Å². The van der Waals surface area contributed by atoms with Gasteiger partial charge in [0.05, 0.1) is 43.5 Å². The standard InChI is InChI=1S/C85H113N21O22S/c1-9-10-20-64-77(120)98-61(33-70(113)114)85(128)105-28-15-21-65(105)78(121)96-58(31-49-35-88-42-92-49)75(118)95-57(26-27-67(86)110)84(127)106-38-51(109)32-66(106)79(122)101-71(43(2)54-36-90-56-19-14-12-17-53(54)56)80(123)99-62(39-107)76(119)97-60(30-48-34-89-55-18-13-11-16-52(48)55)82(125)103(7)46(5)81(124)102(6)45(4)73(116)93-44(3)72(115)100-63(74(117)91-37-68(87)111)40-129-41-69(112)94-59(83(126)104(64)8)29-47-22-24-50(108)25-23-47/h11-14,16-19,22-25,34-36,42-46,51,57-66,71,89-90,107-109H,9-10,15,20-21,26-33,37-41H2,1-8H3,(H2,86,110)(H2,87,111)(H,88,92)(H,91,117)(H,93,116)(H,94,112)(H,95,118)(H,96,121)(H,97,119)(H,98,120)(H,99,123)(H,100,115)(H,101,122)(H,113,114)/t43-,44-,45-,46-,51+,57-,58-,59-,60-,61-,62-,63-,64-,65-,66-,71-/m0/s1. The van der Waals surface area contributed by atoms with E-state index in [1.54, 1.807) is 74.8 Å². The van der Waals surface area contributed by atoms with Crippen molar-refractivity contribution in [2.24, 2.45) is 11.5 Å². The molecule has 6 heterocycles. The van der Waals surface area contributed by atoms with Crippen LogP contribution in [0.3, 0.4) is 0 Å². The number of aliphatic hydroxyl groups excluding tert-OH is 2. The highest BCUT2D eigenvalue weighted by Gasteiger charge is 2.47. The fourth-order valence-corrected chi connectivity index (χ4v) is 16.5. The summed E-state index contributed by atoms with van der Waals surface area (Å²) in [6.45, 7) is 4.58. The highest BCUT2D eigenvalue weighted by atomic mass is 32.2. The van der Waals surface area contributed by atoms with Gasteiger partial charge in [-0.15, -0.1) is 11.8 Å². The number of nitrogens with one attached hydrogen (secondary N) is 13. The minimum absolute atomic E-state index is 0.0920. The molecule has 3 fully saturated rings. The third-order valence-corrected chi connectivity index (χ3v) is 24.2. The Morgan fingerprint density at radius 2 is 1.19 bits per heavy atom. The van der Waals surface area contributed by atoms with E-state index in [1.165, 1.54) is 78.7 Å². The molecule has 17 amide bonds. The lowest BCUT2D eigenvalue weighted by molar-refractivity contribution is -0.148. The molecule has 0 bridgehead atoms. The van der Waals surface area contributed by atoms with Gasteiger partial charge in [0.15, 0.2) is 0 Å². The topological polar surface area (TPSA) is 637 Å². The lowest BCUT2D eigenvalue weighted by atomic mass is 9.91. The Morgan fingerprint density at radius 1 is 0.589 bits per heavy atom. The van der Waals surface area contributed by atoms with Crippen molar-refractivity contribution in [2.75, 3.05) is 58.9 Å². The minimum Gasteiger partial charge on any atom is -0.508 e. The highest BCUT2D eigenvalue weighted by molar-refractivity contribution is 8.00. The molecule has 44 heteroatoms. The zero-order valence-corrected chi connectivity index (χ0v) is 73.4. The lowest BCUT2D eigenvalue weighted by Crippen LogP contribution is -2.61. The summed E-state index contributed by atoms with van der Waals surface area (Å²) >= 11 is 0.757. The number of carboxylic acid groups (broad SMARTS) is 1. The summed E-state index contributed by atoms with van der Waals surface area (Å²) in [5.74, 6) is -20.7. The predicted octanol–water partition coefficient (Wildman–Crippen LogP) is -3.96. The number of aromatic hydroxyl groups is 1. The van der Waals surface area contributed by atoms with Crippen LogP contribution in [0.1, 0.15) is 121 Å². The van der Waals surface area contributed by atoms with Crippen molar-refractivity contribution in [3.8, 4) is 5.75 Å². The number of aliphatic carboxylic acids is 1. The number of hydrogen-bond donors (Lipinski definition) is 19. The summed E-state index contributed by atoms with van der Waals surface area (Å²) in [6, 6.07) is -3.37. The molecule has 3 saturated heterocycles. The molecule has 129 heavy (non-hydrogen) atoms. The molecule has 0 radical (unpaired) electrons. The van der Waals surface area contributed by atoms with Crippen LogP contribution in [0.5, 0.6) is 5.75 Å². The van der Waals surface area contributed by atoms with Crippen molar-refractivity contribution in [1.29, 1.82) is 0 Å². The fraction of sp³-hybridized carbons (Fsp3) is 0.494. The molecule has 21 N–H and O–H groups in total. The van der Waals surface area contributed by atoms with E-state index in [1.807, 2.05) is 0 Å². The number of carboxylic acids is 1. The molecule has 3 aliphatic heterocycles. The van der Waals surface area contributed by atoms with Gasteiger partial charge in [0.25, 0.3) is 0 Å². The predicted molar refractivity (Wildman–Crippen MR) is 465 cm³/mol. The molecule has 16 atom stereocenters. The molecule has 3 aromatic carbocycles. The number of benzene rings is 3. The molecule has 0 spiro atoms. The lowest BCUT2D eigenvalue weighted by Gasteiger charge is -2.34. The molecular formula is C85H113N21O22S. The van der Waals surface area contributed by atoms with E-state index >= 15 is 28.8 Å². The summed E-state index contributed by atoms with van der Waals surface area (Å²) in [7, 11) is 3.72. The quantitative estimate of drug-likeness (QED) is 0.0347. The first-order valence-corrected chi connectivity index (χ1v) is 43.4. The number of likely N-dealkylation sites (N-methyl/N-ethyl adjacent to an activating group) is 3. The SMILES string of the molecule is CCCC[C@H]1C(=O)N[C@@H](CC(=O)O)C(=O)N2CCC[C@H]2C(=O)N[C@@H](Cc2c[nH]cn2)C(=O)N[C@@H](CCC(N)=O)C(=O)N2C[C@H](O)C[C@H]2C(=O)N[C@@H]([C@@H](C)c2c[nH]c3ccccc23)C(=O)N[C@@H](CO)C(=O)N[C@@H](Cc2c[nH]c3ccccc23)C(=O)N(C)[C@@H](C)C(=O)N(C)[C@@H](C)C(=O)N[C@@H](C)C(=O)N[C@H](C(=O)NCC(N)=O)CSCC(=O)N[C@@H](Cc2ccc(O)cc2)C(=O)N1C. The number of aromatic nitrogens is 4. The average Bonchev–Trinajstić information content (AvgIpc) is 1.71. The Morgan fingerprint density at radius 3 is 1.85 bits per heavy atom. The van der Waals surface area contributed by atoms with Crippen molar-refractivity contribution in [2.45, 2.75) is 208 Å². The number of aromatic amines is 3. The smallest absolute Gasteiger partial charge is 0.305 e. The van der Waals surface area contributed by atoms with Gasteiger partial charge < -0.3 is 125 Å². The molecule has 0 aliphatic carbocycles. The van der Waals surface area contributed by atoms with Gasteiger partial charge in [-0.1, -0.05) is 75.2 Å². The van der Waals surface area contributed by atoms with E-state index < -0.39 is 266 Å². The van der Waals surface area contributed by atoms with Gasteiger partial charge in [-0.05, 0) is 87.4 Å². The first-order valence-electron chi connectivity index (χ1n) is 42.2. The number of phenolic OH excluding ortho intramolecular Hbond substituents is 1. The number of hydrogen-bond acceptors (Lipinski definition) is 23. The molecule has 696 valence electrons. The number of nitrogens with two attached hydrogens (primary N) is 2. The second-order valence-corrected chi connectivity index (χ2v) is 33.4. The monoisotopic (exact) mass is 1810 g/mol. The van der Waals surface area contributed by atoms with Crippen molar-refractivity contribution in [3.05, 3.63) is 120 Å². The summed E-state index contributed by atoms with van der Waals surface area (Å²) in [6.07, 6.45) is 1.29.